The quantitative estimate of drug-likeness (QED) is 0.844. The van der Waals surface area contributed by atoms with Crippen LogP contribution < -0.4 is 4.74 Å². The molecule has 1 saturated carbocycles. The van der Waals surface area contributed by atoms with E-state index >= 15 is 0 Å². The number of ether oxygens (including phenoxy) is 1. The van der Waals surface area contributed by atoms with Gasteiger partial charge in [0, 0.05) is 11.5 Å². The van der Waals surface area contributed by atoms with Crippen LogP contribution in [0.3, 0.4) is 0 Å². The summed E-state index contributed by atoms with van der Waals surface area (Å²) in [5, 5.41) is 10.1. The van der Waals surface area contributed by atoms with Crippen molar-refractivity contribution in [1.29, 1.82) is 5.26 Å². The zero-order valence-electron chi connectivity index (χ0n) is 10.7. The highest BCUT2D eigenvalue weighted by molar-refractivity contribution is 7.15. The number of benzene rings is 1. The van der Waals surface area contributed by atoms with Crippen LogP contribution in [-0.2, 0) is 0 Å². The monoisotopic (exact) mass is 270 g/mol. The number of nitriles is 1. The van der Waals surface area contributed by atoms with Crippen LogP contribution in [0, 0.1) is 11.3 Å². The Balaban J connectivity index is 1.91. The number of rotatable bonds is 4. The molecule has 0 radical (unpaired) electrons. The Bertz CT molecular complexity index is 621. The zero-order chi connectivity index (χ0) is 13.2. The average Bonchev–Trinajstić information content (AvgIpc) is 3.19. The lowest BCUT2D eigenvalue weighted by molar-refractivity contribution is 0.340. The number of aromatic nitrogens is 1. The van der Waals surface area contributed by atoms with Crippen LogP contribution in [0.15, 0.2) is 24.3 Å². The van der Waals surface area contributed by atoms with E-state index in [9.17, 15) is 0 Å². The third-order valence-electron chi connectivity index (χ3n) is 3.13. The summed E-state index contributed by atoms with van der Waals surface area (Å²) in [6.45, 7) is 2.64. The number of nitrogens with zero attached hydrogens (tertiary/aromatic N) is 2. The minimum Gasteiger partial charge on any atom is -0.494 e. The Morgan fingerprint density at radius 2 is 2.11 bits per heavy atom. The third kappa shape index (κ3) is 2.47. The summed E-state index contributed by atoms with van der Waals surface area (Å²) in [5.74, 6) is 1.38. The normalized spacial score (nSPS) is 14.1. The van der Waals surface area contributed by atoms with Crippen LogP contribution in [0.2, 0.25) is 0 Å². The van der Waals surface area contributed by atoms with Gasteiger partial charge in [-0.15, -0.1) is 11.3 Å². The first-order valence-corrected chi connectivity index (χ1v) is 7.27. The molecule has 0 bridgehead atoms. The van der Waals surface area contributed by atoms with Crippen molar-refractivity contribution in [3.05, 3.63) is 34.8 Å². The van der Waals surface area contributed by atoms with Gasteiger partial charge in [-0.05, 0) is 44.0 Å². The molecule has 0 unspecified atom stereocenters. The molecule has 96 valence electrons. The van der Waals surface area contributed by atoms with E-state index in [-0.39, 0.29) is 0 Å². The van der Waals surface area contributed by atoms with Gasteiger partial charge in [0.25, 0.3) is 0 Å². The fraction of sp³-hybridized carbons (Fsp3) is 0.333. The van der Waals surface area contributed by atoms with Crippen LogP contribution in [0.1, 0.15) is 36.3 Å². The van der Waals surface area contributed by atoms with Gasteiger partial charge in [0.05, 0.1) is 12.3 Å². The molecule has 1 aliphatic rings. The molecule has 2 aromatic rings. The topological polar surface area (TPSA) is 45.9 Å². The van der Waals surface area contributed by atoms with Crippen molar-refractivity contribution < 1.29 is 4.74 Å². The molecule has 4 heteroatoms. The summed E-state index contributed by atoms with van der Waals surface area (Å²) in [4.78, 5) is 5.41. The lowest BCUT2D eigenvalue weighted by Gasteiger charge is -2.02. The van der Waals surface area contributed by atoms with E-state index in [4.69, 9.17) is 10.00 Å². The molecule has 3 rings (SSSR count). The van der Waals surface area contributed by atoms with Gasteiger partial charge in [-0.2, -0.15) is 5.26 Å². The van der Waals surface area contributed by atoms with Crippen molar-refractivity contribution in [1.82, 2.24) is 4.98 Å². The minimum absolute atomic E-state index is 0.516. The van der Waals surface area contributed by atoms with Gasteiger partial charge >= 0.3 is 0 Å². The van der Waals surface area contributed by atoms with Gasteiger partial charge in [0.1, 0.15) is 21.7 Å². The Morgan fingerprint density at radius 3 is 2.68 bits per heavy atom. The Kier molecular flexibility index (Phi) is 3.22. The van der Waals surface area contributed by atoms with E-state index in [1.807, 2.05) is 31.2 Å². The van der Waals surface area contributed by atoms with Crippen LogP contribution in [0.25, 0.3) is 10.6 Å². The maximum absolute atomic E-state index is 9.17. The lowest BCUT2D eigenvalue weighted by Crippen LogP contribution is -1.90. The SMILES string of the molecule is CCOc1ccc(-c2nc(C3CC3)c(C#N)s2)cc1. The predicted octanol–water partition coefficient (Wildman–Crippen LogP) is 3.96. The summed E-state index contributed by atoms with van der Waals surface area (Å²) in [6.07, 6.45) is 2.34. The Hall–Kier alpha value is -1.86. The standard InChI is InChI=1S/C15H14N2OS/c1-2-18-12-7-5-11(6-8-12)15-17-14(10-3-4-10)13(9-16)19-15/h5-8,10H,2-4H2,1H3. The van der Waals surface area contributed by atoms with Crippen molar-refractivity contribution in [2.75, 3.05) is 6.61 Å². The lowest BCUT2D eigenvalue weighted by atomic mass is 10.2. The molecule has 0 atom stereocenters. The first-order chi connectivity index (χ1) is 9.31. The summed E-state index contributed by atoms with van der Waals surface area (Å²) in [7, 11) is 0. The molecule has 1 aliphatic carbocycles. The molecule has 1 fully saturated rings. The molecule has 3 nitrogen and oxygen atoms in total. The Labute approximate surface area is 116 Å². The molecule has 0 N–H and O–H groups in total. The van der Waals surface area contributed by atoms with Crippen LogP contribution >= 0.6 is 11.3 Å². The smallest absolute Gasteiger partial charge is 0.128 e. The van der Waals surface area contributed by atoms with Crippen molar-refractivity contribution in [2.45, 2.75) is 25.7 Å². The van der Waals surface area contributed by atoms with Gasteiger partial charge in [-0.25, -0.2) is 4.98 Å². The maximum Gasteiger partial charge on any atom is 0.128 e. The minimum atomic E-state index is 0.516. The first kappa shape index (κ1) is 12.2. The summed E-state index contributed by atoms with van der Waals surface area (Å²) < 4.78 is 5.43. The highest BCUT2D eigenvalue weighted by atomic mass is 32.1. The summed E-state index contributed by atoms with van der Waals surface area (Å²) in [6, 6.07) is 10.2. The molecule has 1 aromatic heterocycles. The first-order valence-electron chi connectivity index (χ1n) is 6.46. The van der Waals surface area contributed by atoms with E-state index in [1.54, 1.807) is 0 Å². The number of hydrogen-bond donors (Lipinski definition) is 0. The fourth-order valence-electron chi connectivity index (χ4n) is 2.03. The second kappa shape index (κ2) is 5.02. The largest absolute Gasteiger partial charge is 0.494 e. The van der Waals surface area contributed by atoms with Gasteiger partial charge in [0.2, 0.25) is 0 Å². The second-order valence-electron chi connectivity index (χ2n) is 4.58. The molecular weight excluding hydrogens is 256 g/mol. The zero-order valence-corrected chi connectivity index (χ0v) is 11.5. The second-order valence-corrected chi connectivity index (χ2v) is 5.58. The number of thiazole rings is 1. The molecule has 0 spiro atoms. The van der Waals surface area contributed by atoms with Crippen molar-refractivity contribution in [3.63, 3.8) is 0 Å². The van der Waals surface area contributed by atoms with E-state index in [0.717, 1.165) is 26.9 Å². The molecular formula is C15H14N2OS. The molecule has 0 aliphatic heterocycles. The van der Waals surface area contributed by atoms with Gasteiger partial charge < -0.3 is 4.74 Å². The van der Waals surface area contributed by atoms with Crippen LogP contribution in [0.4, 0.5) is 0 Å². The molecule has 0 saturated heterocycles. The van der Waals surface area contributed by atoms with E-state index in [0.29, 0.717) is 12.5 Å². The molecule has 0 amide bonds. The van der Waals surface area contributed by atoms with E-state index in [1.165, 1.54) is 24.2 Å². The van der Waals surface area contributed by atoms with Crippen LogP contribution in [0.5, 0.6) is 5.75 Å². The Morgan fingerprint density at radius 1 is 1.37 bits per heavy atom. The predicted molar refractivity (Wildman–Crippen MR) is 75.4 cm³/mol. The highest BCUT2D eigenvalue weighted by Crippen LogP contribution is 2.44. The fourth-order valence-corrected chi connectivity index (χ4v) is 2.98. The van der Waals surface area contributed by atoms with E-state index < -0.39 is 0 Å². The van der Waals surface area contributed by atoms with Crippen molar-refractivity contribution in [2.24, 2.45) is 0 Å². The third-order valence-corrected chi connectivity index (χ3v) is 4.16. The van der Waals surface area contributed by atoms with Crippen molar-refractivity contribution in [3.8, 4) is 22.4 Å². The molecule has 1 aromatic carbocycles. The summed E-state index contributed by atoms with van der Waals surface area (Å²) in [5.41, 5.74) is 2.05. The van der Waals surface area contributed by atoms with E-state index in [2.05, 4.69) is 11.1 Å². The van der Waals surface area contributed by atoms with Gasteiger partial charge in [-0.1, -0.05) is 0 Å². The van der Waals surface area contributed by atoms with Gasteiger partial charge in [0.15, 0.2) is 0 Å². The van der Waals surface area contributed by atoms with Crippen molar-refractivity contribution >= 4 is 11.3 Å². The summed E-state index contributed by atoms with van der Waals surface area (Å²) >= 11 is 1.49. The number of hydrogen-bond acceptors (Lipinski definition) is 4. The maximum atomic E-state index is 9.17. The molecule has 19 heavy (non-hydrogen) atoms. The van der Waals surface area contributed by atoms with Crippen LogP contribution in [-0.4, -0.2) is 11.6 Å². The average molecular weight is 270 g/mol. The van der Waals surface area contributed by atoms with Gasteiger partial charge in [-0.3, -0.25) is 0 Å². The molecule has 1 heterocycles. The highest BCUT2D eigenvalue weighted by Gasteiger charge is 2.29.